The lowest BCUT2D eigenvalue weighted by Crippen LogP contribution is -2.42. The van der Waals surface area contributed by atoms with Gasteiger partial charge in [0.1, 0.15) is 10.8 Å². The molecule has 0 saturated carbocycles. The number of hydrogen-bond acceptors (Lipinski definition) is 7. The highest BCUT2D eigenvalue weighted by Gasteiger charge is 2.32. The molecule has 3 aromatic rings. The second kappa shape index (κ2) is 9.34. The normalized spacial score (nSPS) is 18.5. The van der Waals surface area contributed by atoms with Gasteiger partial charge in [-0.25, -0.2) is 4.98 Å². The van der Waals surface area contributed by atoms with Crippen molar-refractivity contribution >= 4 is 28.2 Å². The number of amides is 1. The van der Waals surface area contributed by atoms with E-state index in [4.69, 9.17) is 4.98 Å². The Kier molecular flexibility index (Phi) is 6.14. The number of nitrogens with zero attached hydrogens (tertiary/aromatic N) is 5. The van der Waals surface area contributed by atoms with Crippen LogP contribution in [0.15, 0.2) is 42.5 Å². The molecule has 0 bridgehead atoms. The number of aromatic nitrogens is 3. The summed E-state index contributed by atoms with van der Waals surface area (Å²) in [6.07, 6.45) is 3.83. The molecular weight excluding hydrogens is 420 g/mol. The smallest absolute Gasteiger partial charge is 0.237 e. The van der Waals surface area contributed by atoms with Gasteiger partial charge < -0.3 is 10.2 Å². The number of nitrogens with one attached hydrogen (secondary N) is 1. The second-order valence-electron chi connectivity index (χ2n) is 8.40. The molecule has 1 atom stereocenters. The zero-order valence-electron chi connectivity index (χ0n) is 18.3. The van der Waals surface area contributed by atoms with Crippen molar-refractivity contribution < 1.29 is 4.79 Å². The number of aryl methyl sites for hydroxylation is 1. The molecule has 0 spiro atoms. The number of pyridine rings is 1. The molecule has 0 aliphatic carbocycles. The topological polar surface area (TPSA) is 74.2 Å². The second-order valence-corrected chi connectivity index (χ2v) is 9.46. The maximum atomic E-state index is 13.2. The maximum Gasteiger partial charge on any atom is 0.237 e. The molecule has 32 heavy (non-hydrogen) atoms. The third-order valence-corrected chi connectivity index (χ3v) is 7.24. The molecule has 2 aromatic heterocycles. The van der Waals surface area contributed by atoms with E-state index in [2.05, 4.69) is 51.6 Å². The summed E-state index contributed by atoms with van der Waals surface area (Å²) in [5, 5.41) is 13.3. The van der Waals surface area contributed by atoms with Crippen LogP contribution < -0.4 is 5.32 Å². The van der Waals surface area contributed by atoms with Crippen LogP contribution in [0.5, 0.6) is 0 Å². The van der Waals surface area contributed by atoms with Crippen LogP contribution in [0.4, 0.5) is 10.9 Å². The summed E-state index contributed by atoms with van der Waals surface area (Å²) in [4.78, 5) is 22.4. The van der Waals surface area contributed by atoms with Crippen LogP contribution >= 0.6 is 11.3 Å². The van der Waals surface area contributed by atoms with Crippen LogP contribution in [0.1, 0.15) is 47.6 Å². The van der Waals surface area contributed by atoms with Gasteiger partial charge in [0.05, 0.1) is 18.3 Å². The quantitative estimate of drug-likeness (QED) is 0.615. The average molecular weight is 449 g/mol. The summed E-state index contributed by atoms with van der Waals surface area (Å²) in [6, 6.07) is 14.5. The summed E-state index contributed by atoms with van der Waals surface area (Å²) in [7, 11) is 0. The first-order valence-electron chi connectivity index (χ1n) is 11.3. The molecule has 4 heterocycles. The molecule has 7 nitrogen and oxygen atoms in total. The van der Waals surface area contributed by atoms with E-state index in [9.17, 15) is 4.79 Å². The van der Waals surface area contributed by atoms with Crippen LogP contribution in [-0.2, 0) is 24.2 Å². The van der Waals surface area contributed by atoms with Gasteiger partial charge in [0.2, 0.25) is 11.0 Å². The molecule has 1 fully saturated rings. The van der Waals surface area contributed by atoms with Gasteiger partial charge in [-0.1, -0.05) is 48.6 Å². The maximum absolute atomic E-state index is 13.2. The Morgan fingerprint density at radius 2 is 2.00 bits per heavy atom. The minimum Gasteiger partial charge on any atom is -0.333 e. The summed E-state index contributed by atoms with van der Waals surface area (Å²) in [5.74, 6) is 0.942. The fourth-order valence-electron chi connectivity index (χ4n) is 4.61. The summed E-state index contributed by atoms with van der Waals surface area (Å²) >= 11 is 1.54. The minimum absolute atomic E-state index is 0.0296. The Hall–Kier alpha value is -2.84. The molecule has 1 saturated heterocycles. The third-order valence-electron chi connectivity index (χ3n) is 6.26. The number of benzene rings is 1. The molecule has 0 radical (unpaired) electrons. The molecule has 1 amide bonds. The van der Waals surface area contributed by atoms with Gasteiger partial charge in [-0.05, 0) is 48.9 Å². The van der Waals surface area contributed by atoms with Gasteiger partial charge >= 0.3 is 0 Å². The van der Waals surface area contributed by atoms with Crippen molar-refractivity contribution in [1.82, 2.24) is 25.0 Å². The number of carbonyl (C=O) groups excluding carboxylic acids is 1. The molecular formula is C24H28N6OS. The van der Waals surface area contributed by atoms with Crippen molar-refractivity contribution in [3.8, 4) is 0 Å². The zero-order valence-corrected chi connectivity index (χ0v) is 19.1. The van der Waals surface area contributed by atoms with E-state index in [1.807, 2.05) is 23.1 Å². The van der Waals surface area contributed by atoms with Crippen LogP contribution in [0.25, 0.3) is 0 Å². The predicted octanol–water partition coefficient (Wildman–Crippen LogP) is 3.96. The fourth-order valence-corrected chi connectivity index (χ4v) is 5.29. The average Bonchev–Trinajstić information content (AvgIpc) is 3.49. The van der Waals surface area contributed by atoms with Gasteiger partial charge in [-0.2, -0.15) is 0 Å². The number of likely N-dealkylation sites (tertiary alicyclic amines) is 1. The Balaban J connectivity index is 1.26. The van der Waals surface area contributed by atoms with Gasteiger partial charge in [0.15, 0.2) is 0 Å². The summed E-state index contributed by atoms with van der Waals surface area (Å²) in [6.45, 7) is 5.11. The SMILES string of the molecule is CCc1nnc(Nc2cccc([C@H]3CCCN3C(=O)CN3CCc4ccccc4C3)n2)s1. The van der Waals surface area contributed by atoms with Crippen LogP contribution in [0.2, 0.25) is 0 Å². The van der Waals surface area contributed by atoms with E-state index in [0.29, 0.717) is 6.54 Å². The van der Waals surface area contributed by atoms with E-state index in [-0.39, 0.29) is 11.9 Å². The summed E-state index contributed by atoms with van der Waals surface area (Å²) in [5.41, 5.74) is 3.68. The Labute approximate surface area is 192 Å². The van der Waals surface area contributed by atoms with Crippen LogP contribution in [-0.4, -0.2) is 50.5 Å². The largest absolute Gasteiger partial charge is 0.333 e. The lowest BCUT2D eigenvalue weighted by atomic mass is 10.00. The van der Waals surface area contributed by atoms with Crippen molar-refractivity contribution in [2.75, 3.05) is 25.0 Å². The van der Waals surface area contributed by atoms with Crippen molar-refractivity contribution in [2.45, 2.75) is 45.2 Å². The lowest BCUT2D eigenvalue weighted by Gasteiger charge is -2.31. The van der Waals surface area contributed by atoms with E-state index in [0.717, 1.165) is 67.0 Å². The van der Waals surface area contributed by atoms with Crippen LogP contribution in [0.3, 0.4) is 0 Å². The third kappa shape index (κ3) is 4.52. The standard InChI is InChI=1S/C24H28N6OS/c1-2-22-27-28-24(32-22)26-21-11-5-9-19(25-21)20-10-6-13-30(20)23(31)16-29-14-12-17-7-3-4-8-18(17)15-29/h3-5,7-9,11,20H,2,6,10,12-16H2,1H3,(H,25,26,28)/t20-/m1/s1. The first kappa shape index (κ1) is 21.0. The predicted molar refractivity (Wildman–Crippen MR) is 126 cm³/mol. The van der Waals surface area contributed by atoms with E-state index in [1.165, 1.54) is 11.1 Å². The minimum atomic E-state index is 0.0296. The number of fused-ring (bicyclic) bond motifs is 1. The van der Waals surface area contributed by atoms with Crippen molar-refractivity contribution in [3.05, 3.63) is 64.3 Å². The highest BCUT2D eigenvalue weighted by Crippen LogP contribution is 2.32. The van der Waals surface area contributed by atoms with Gasteiger partial charge in [0, 0.05) is 19.6 Å². The highest BCUT2D eigenvalue weighted by atomic mass is 32.1. The summed E-state index contributed by atoms with van der Waals surface area (Å²) < 4.78 is 0. The highest BCUT2D eigenvalue weighted by molar-refractivity contribution is 7.15. The van der Waals surface area contributed by atoms with E-state index >= 15 is 0 Å². The van der Waals surface area contributed by atoms with Crippen LogP contribution in [0, 0.1) is 0 Å². The van der Waals surface area contributed by atoms with Gasteiger partial charge in [-0.3, -0.25) is 9.69 Å². The monoisotopic (exact) mass is 448 g/mol. The van der Waals surface area contributed by atoms with E-state index < -0.39 is 0 Å². The number of hydrogen-bond donors (Lipinski definition) is 1. The van der Waals surface area contributed by atoms with Crippen molar-refractivity contribution in [3.63, 3.8) is 0 Å². The lowest BCUT2D eigenvalue weighted by molar-refractivity contribution is -0.133. The van der Waals surface area contributed by atoms with E-state index in [1.54, 1.807) is 11.3 Å². The number of rotatable bonds is 6. The fraction of sp³-hybridized carbons (Fsp3) is 0.417. The molecule has 166 valence electrons. The first-order valence-corrected chi connectivity index (χ1v) is 12.2. The Bertz CT molecular complexity index is 1100. The molecule has 0 unspecified atom stereocenters. The van der Waals surface area contributed by atoms with Gasteiger partial charge in [0.25, 0.3) is 0 Å². The first-order chi connectivity index (χ1) is 15.7. The Morgan fingerprint density at radius 1 is 1.12 bits per heavy atom. The molecule has 1 aromatic carbocycles. The molecule has 5 rings (SSSR count). The Morgan fingerprint density at radius 3 is 2.84 bits per heavy atom. The molecule has 2 aliphatic rings. The zero-order chi connectivity index (χ0) is 21.9. The van der Waals surface area contributed by atoms with Crippen molar-refractivity contribution in [2.24, 2.45) is 0 Å². The number of carbonyl (C=O) groups is 1. The number of anilines is 2. The van der Waals surface area contributed by atoms with Gasteiger partial charge in [-0.15, -0.1) is 10.2 Å². The molecule has 8 heteroatoms. The molecule has 1 N–H and O–H groups in total. The van der Waals surface area contributed by atoms with Crippen molar-refractivity contribution in [1.29, 1.82) is 0 Å². The molecule has 2 aliphatic heterocycles.